The molecule has 0 saturated carbocycles. The molecular formula is C36H41FN4O8. The Labute approximate surface area is 284 Å². The zero-order valence-electron chi connectivity index (χ0n) is 27.9. The molecule has 3 aromatic rings. The molecule has 4 N–H and O–H groups in total. The summed E-state index contributed by atoms with van der Waals surface area (Å²) < 4.78 is 42.1. The van der Waals surface area contributed by atoms with Crippen molar-refractivity contribution in [1.82, 2.24) is 16.1 Å². The van der Waals surface area contributed by atoms with Crippen LogP contribution in [-0.2, 0) is 22.6 Å². The van der Waals surface area contributed by atoms with Gasteiger partial charge in [0.05, 0.1) is 38.2 Å². The predicted octanol–water partition coefficient (Wildman–Crippen LogP) is 5.05. The van der Waals surface area contributed by atoms with E-state index in [1.165, 1.54) is 25.5 Å². The van der Waals surface area contributed by atoms with Crippen molar-refractivity contribution in [2.45, 2.75) is 46.1 Å². The highest BCUT2D eigenvalue weighted by Gasteiger charge is 2.32. The summed E-state index contributed by atoms with van der Waals surface area (Å²) in [4.78, 5) is 24.7. The van der Waals surface area contributed by atoms with Gasteiger partial charge in [-0.1, -0.05) is 24.3 Å². The number of allylic oxidation sites excluding steroid dienone is 2. The van der Waals surface area contributed by atoms with E-state index in [0.717, 1.165) is 5.56 Å². The molecule has 1 heterocycles. The lowest BCUT2D eigenvalue weighted by Crippen LogP contribution is -2.45. The highest BCUT2D eigenvalue weighted by molar-refractivity contribution is 5.95. The number of aliphatic hydroxyl groups excluding tert-OH is 1. The van der Waals surface area contributed by atoms with E-state index in [0.29, 0.717) is 65.0 Å². The Hall–Kier alpha value is -5.56. The summed E-state index contributed by atoms with van der Waals surface area (Å²) in [7, 11) is 1.27. The fraction of sp³-hybridized carbons (Fsp3) is 0.306. The van der Waals surface area contributed by atoms with Gasteiger partial charge >= 0.3 is 12.0 Å². The minimum Gasteiger partial charge on any atom is -0.490 e. The largest absolute Gasteiger partial charge is 0.490 e. The number of nitrogens with one attached hydrogen (secondary N) is 3. The normalized spacial score (nSPS) is 14.8. The molecule has 49 heavy (non-hydrogen) atoms. The molecule has 0 unspecified atom stereocenters. The van der Waals surface area contributed by atoms with Gasteiger partial charge in [0.25, 0.3) is 0 Å². The number of halogens is 1. The molecule has 260 valence electrons. The van der Waals surface area contributed by atoms with E-state index in [1.54, 1.807) is 56.3 Å². The van der Waals surface area contributed by atoms with Gasteiger partial charge in [0.2, 0.25) is 0 Å². The molecular weight excluding hydrogens is 635 g/mol. The van der Waals surface area contributed by atoms with Crippen molar-refractivity contribution in [3.8, 4) is 23.0 Å². The highest BCUT2D eigenvalue weighted by atomic mass is 19.1. The number of benzene rings is 3. The Kier molecular flexibility index (Phi) is 13.0. The Morgan fingerprint density at radius 2 is 1.84 bits per heavy atom. The second-order valence-corrected chi connectivity index (χ2v) is 10.8. The lowest BCUT2D eigenvalue weighted by atomic mass is 9.95. The number of methoxy groups -OCH3 is 1. The van der Waals surface area contributed by atoms with Crippen LogP contribution in [0.25, 0.3) is 0 Å². The number of nitrogens with zero attached hydrogens (tertiary/aromatic N) is 1. The molecule has 13 heteroatoms. The zero-order valence-corrected chi connectivity index (χ0v) is 27.9. The molecule has 0 spiro atoms. The minimum atomic E-state index is -1.20. The SMILES string of the molecule is C=CCc1cc(/C=N\N[C@@H](O)COc2ccc([C@H]3NC(=O)NC(C)=C3C(=O)OC)cc2OCC)cc(OCC)c1OCc1cccc(F)c1. The average Bonchev–Trinajstić information content (AvgIpc) is 3.07. The molecule has 2 amide bonds. The zero-order chi connectivity index (χ0) is 35.3. The lowest BCUT2D eigenvalue weighted by Gasteiger charge is -2.28. The summed E-state index contributed by atoms with van der Waals surface area (Å²) in [6, 6.07) is 13.6. The van der Waals surface area contributed by atoms with Gasteiger partial charge in [0.1, 0.15) is 19.0 Å². The van der Waals surface area contributed by atoms with Gasteiger partial charge in [0, 0.05) is 11.3 Å². The van der Waals surface area contributed by atoms with Crippen molar-refractivity contribution in [1.29, 1.82) is 0 Å². The summed E-state index contributed by atoms with van der Waals surface area (Å²) in [5.41, 5.74) is 5.99. The van der Waals surface area contributed by atoms with Gasteiger partial charge in [-0.25, -0.2) is 14.0 Å². The van der Waals surface area contributed by atoms with Crippen LogP contribution < -0.4 is 35.0 Å². The summed E-state index contributed by atoms with van der Waals surface area (Å²) in [6.07, 6.45) is 2.55. The molecule has 3 aromatic carbocycles. The standard InChI is InChI=1S/C36H41FN4O8/c1-6-10-26-15-24(17-30(47-8-3)34(26)49-20-23-11-9-12-27(37)16-23)19-38-41-31(42)21-48-28-14-13-25(18-29(28)46-7-2)33-32(35(43)45-5)22(4)39-36(44)40-33/h6,9,11-19,31,33,41-42H,1,7-8,10,20-21H2,2-5H3,(H2,39,40,44)/b38-19-/t31-,33+/m0/s1. The molecule has 4 rings (SSSR count). The van der Waals surface area contributed by atoms with E-state index < -0.39 is 24.3 Å². The molecule has 0 aromatic heterocycles. The lowest BCUT2D eigenvalue weighted by molar-refractivity contribution is -0.136. The van der Waals surface area contributed by atoms with E-state index in [2.05, 4.69) is 27.7 Å². The van der Waals surface area contributed by atoms with Gasteiger partial charge in [-0.15, -0.1) is 6.58 Å². The molecule has 2 atom stereocenters. The van der Waals surface area contributed by atoms with E-state index >= 15 is 0 Å². The van der Waals surface area contributed by atoms with E-state index in [1.807, 2.05) is 13.0 Å². The van der Waals surface area contributed by atoms with E-state index in [4.69, 9.17) is 23.7 Å². The molecule has 0 saturated heterocycles. The molecule has 12 nitrogen and oxygen atoms in total. The van der Waals surface area contributed by atoms with Crippen LogP contribution in [0, 0.1) is 5.82 Å². The maximum Gasteiger partial charge on any atom is 0.337 e. The first kappa shape index (κ1) is 36.3. The number of carbonyl (C=O) groups excluding carboxylic acids is 2. The van der Waals surface area contributed by atoms with Crippen LogP contribution in [0.4, 0.5) is 9.18 Å². The highest BCUT2D eigenvalue weighted by Crippen LogP contribution is 2.36. The predicted molar refractivity (Wildman–Crippen MR) is 181 cm³/mol. The van der Waals surface area contributed by atoms with E-state index in [9.17, 15) is 19.1 Å². The molecule has 0 bridgehead atoms. The van der Waals surface area contributed by atoms with Gasteiger partial charge in [-0.3, -0.25) is 5.43 Å². The second-order valence-electron chi connectivity index (χ2n) is 10.8. The number of amides is 2. The van der Waals surface area contributed by atoms with Crippen molar-refractivity contribution in [3.05, 3.63) is 107 Å². The maximum atomic E-state index is 13.7. The summed E-state index contributed by atoms with van der Waals surface area (Å²) in [5, 5.41) is 20.1. The van der Waals surface area contributed by atoms with Gasteiger partial charge in [-0.05, 0) is 80.3 Å². The number of carbonyl (C=O) groups is 2. The number of rotatable bonds is 17. The number of ether oxygens (including phenoxy) is 5. The number of hydrazone groups is 1. The first-order chi connectivity index (χ1) is 23.7. The first-order valence-electron chi connectivity index (χ1n) is 15.7. The van der Waals surface area contributed by atoms with Crippen molar-refractivity contribution >= 4 is 18.2 Å². The van der Waals surface area contributed by atoms with Crippen molar-refractivity contribution in [2.75, 3.05) is 26.9 Å². The number of aliphatic hydroxyl groups is 1. The Morgan fingerprint density at radius 1 is 1.06 bits per heavy atom. The smallest absolute Gasteiger partial charge is 0.337 e. The van der Waals surface area contributed by atoms with Crippen molar-refractivity contribution in [2.24, 2.45) is 5.10 Å². The maximum absolute atomic E-state index is 13.7. The summed E-state index contributed by atoms with van der Waals surface area (Å²) in [5.74, 6) is 0.770. The van der Waals surface area contributed by atoms with Crippen LogP contribution in [0.1, 0.15) is 49.1 Å². The van der Waals surface area contributed by atoms with Crippen LogP contribution in [-0.4, -0.2) is 56.5 Å². The third-order valence-electron chi connectivity index (χ3n) is 7.20. The summed E-state index contributed by atoms with van der Waals surface area (Å²) >= 11 is 0. The second kappa shape index (κ2) is 17.6. The van der Waals surface area contributed by atoms with Crippen molar-refractivity contribution in [3.63, 3.8) is 0 Å². The third-order valence-corrected chi connectivity index (χ3v) is 7.20. The fourth-order valence-electron chi connectivity index (χ4n) is 5.09. The topological polar surface area (TPSA) is 149 Å². The first-order valence-corrected chi connectivity index (χ1v) is 15.7. The monoisotopic (exact) mass is 676 g/mol. The fourth-order valence-corrected chi connectivity index (χ4v) is 5.09. The Bertz CT molecular complexity index is 1710. The molecule has 0 aliphatic carbocycles. The number of esters is 1. The molecule has 1 aliphatic heterocycles. The molecule has 0 fully saturated rings. The summed E-state index contributed by atoms with van der Waals surface area (Å²) in [6.45, 7) is 9.78. The Balaban J connectivity index is 1.44. The number of urea groups is 1. The average molecular weight is 677 g/mol. The van der Waals surface area contributed by atoms with Crippen LogP contribution in [0.5, 0.6) is 23.0 Å². The molecule has 0 radical (unpaired) electrons. The van der Waals surface area contributed by atoms with Gasteiger partial charge < -0.3 is 39.4 Å². The van der Waals surface area contributed by atoms with Crippen LogP contribution >= 0.6 is 0 Å². The van der Waals surface area contributed by atoms with Gasteiger partial charge in [0.15, 0.2) is 29.2 Å². The number of hydrogen-bond acceptors (Lipinski definition) is 10. The molecule has 1 aliphatic rings. The van der Waals surface area contributed by atoms with Gasteiger partial charge in [-0.2, -0.15) is 5.10 Å². The van der Waals surface area contributed by atoms with Crippen LogP contribution in [0.3, 0.4) is 0 Å². The number of hydrogen-bond donors (Lipinski definition) is 4. The van der Waals surface area contributed by atoms with E-state index in [-0.39, 0.29) is 24.6 Å². The Morgan fingerprint density at radius 3 is 2.55 bits per heavy atom. The minimum absolute atomic E-state index is 0.150. The third kappa shape index (κ3) is 9.73. The van der Waals surface area contributed by atoms with Crippen LogP contribution in [0.15, 0.2) is 83.6 Å². The quantitative estimate of drug-likeness (QED) is 0.0507. The van der Waals surface area contributed by atoms with Crippen LogP contribution in [0.2, 0.25) is 0 Å². The van der Waals surface area contributed by atoms with Crippen molar-refractivity contribution < 1.29 is 42.8 Å².